The molecular formula is C18H20N4O2S2. The van der Waals surface area contributed by atoms with Crippen LogP contribution >= 0.6 is 23.1 Å². The Morgan fingerprint density at radius 3 is 2.81 bits per heavy atom. The zero-order chi connectivity index (χ0) is 18.7. The van der Waals surface area contributed by atoms with Crippen LogP contribution in [0.4, 0.5) is 0 Å². The van der Waals surface area contributed by atoms with Crippen LogP contribution in [0.1, 0.15) is 20.3 Å². The van der Waals surface area contributed by atoms with Crippen molar-refractivity contribution in [1.29, 1.82) is 0 Å². The van der Waals surface area contributed by atoms with E-state index >= 15 is 0 Å². The van der Waals surface area contributed by atoms with Crippen LogP contribution in [0.15, 0.2) is 45.7 Å². The van der Waals surface area contributed by atoms with Crippen LogP contribution in [0.5, 0.6) is 0 Å². The largest absolute Gasteiger partial charge is 0.355 e. The van der Waals surface area contributed by atoms with Gasteiger partial charge in [-0.1, -0.05) is 49.0 Å². The molecule has 0 aliphatic rings. The highest BCUT2D eigenvalue weighted by Crippen LogP contribution is 2.32. The van der Waals surface area contributed by atoms with Gasteiger partial charge in [0.2, 0.25) is 5.91 Å². The number of nitrogens with two attached hydrogens (primary N) is 1. The molecule has 3 aromatic rings. The van der Waals surface area contributed by atoms with E-state index in [1.54, 1.807) is 6.92 Å². The first-order valence-corrected chi connectivity index (χ1v) is 10.1. The number of thioether (sulfide) groups is 1. The number of aromatic nitrogens is 2. The van der Waals surface area contributed by atoms with Gasteiger partial charge in [-0.3, -0.25) is 9.59 Å². The molecule has 0 spiro atoms. The van der Waals surface area contributed by atoms with Gasteiger partial charge in [-0.15, -0.1) is 11.3 Å². The van der Waals surface area contributed by atoms with E-state index in [-0.39, 0.29) is 11.5 Å². The van der Waals surface area contributed by atoms with Gasteiger partial charge in [0, 0.05) is 17.5 Å². The number of carbonyl (C=O) groups is 1. The first-order valence-electron chi connectivity index (χ1n) is 8.32. The summed E-state index contributed by atoms with van der Waals surface area (Å²) >= 11 is 2.59. The Labute approximate surface area is 159 Å². The van der Waals surface area contributed by atoms with E-state index in [2.05, 4.69) is 10.3 Å². The Hall–Kier alpha value is -2.32. The summed E-state index contributed by atoms with van der Waals surface area (Å²) in [6, 6.07) is 9.68. The summed E-state index contributed by atoms with van der Waals surface area (Å²) < 4.78 is 1.04. The number of hydrogen-bond acceptors (Lipinski definition) is 6. The lowest BCUT2D eigenvalue weighted by atomic mass is 10.1. The van der Waals surface area contributed by atoms with Crippen LogP contribution in [0.3, 0.4) is 0 Å². The molecular weight excluding hydrogens is 368 g/mol. The summed E-state index contributed by atoms with van der Waals surface area (Å²) in [5, 5.41) is 5.21. The average molecular weight is 389 g/mol. The molecule has 3 rings (SSSR count). The van der Waals surface area contributed by atoms with Crippen molar-refractivity contribution in [3.63, 3.8) is 0 Å². The SMILES string of the molecule is CCCNC(=O)[C@H](C)Sc1nc2scc(-c3ccccc3)c2c(=O)n1N. The Morgan fingerprint density at radius 1 is 1.38 bits per heavy atom. The molecule has 0 fully saturated rings. The summed E-state index contributed by atoms with van der Waals surface area (Å²) in [7, 11) is 0. The van der Waals surface area contributed by atoms with Gasteiger partial charge in [-0.25, -0.2) is 9.66 Å². The molecule has 2 aromatic heterocycles. The van der Waals surface area contributed by atoms with Gasteiger partial charge in [-0.05, 0) is 18.9 Å². The zero-order valence-corrected chi connectivity index (χ0v) is 16.2. The molecule has 3 N–H and O–H groups in total. The van der Waals surface area contributed by atoms with E-state index < -0.39 is 5.25 Å². The Kier molecular flexibility index (Phi) is 5.63. The van der Waals surface area contributed by atoms with Crippen LogP contribution in [-0.4, -0.2) is 27.4 Å². The molecule has 8 heteroatoms. The van der Waals surface area contributed by atoms with Crippen molar-refractivity contribution in [1.82, 2.24) is 15.0 Å². The van der Waals surface area contributed by atoms with E-state index in [9.17, 15) is 9.59 Å². The second-order valence-electron chi connectivity index (χ2n) is 5.82. The summed E-state index contributed by atoms with van der Waals surface area (Å²) in [5.74, 6) is 5.90. The lowest BCUT2D eigenvalue weighted by Crippen LogP contribution is -2.34. The standard InChI is InChI=1S/C18H20N4O2S2/c1-3-9-20-15(23)11(2)26-18-21-16-14(17(24)22(18)19)13(10-25-16)12-7-5-4-6-8-12/h4-8,10-11H,3,9,19H2,1-2H3,(H,20,23)/t11-/m0/s1. The van der Waals surface area contributed by atoms with Gasteiger partial charge >= 0.3 is 0 Å². The van der Waals surface area contributed by atoms with Crippen molar-refractivity contribution in [2.45, 2.75) is 30.7 Å². The summed E-state index contributed by atoms with van der Waals surface area (Å²) in [6.07, 6.45) is 0.867. The summed E-state index contributed by atoms with van der Waals surface area (Å²) in [6.45, 7) is 4.39. The van der Waals surface area contributed by atoms with E-state index in [0.717, 1.165) is 22.2 Å². The number of nitrogen functional groups attached to an aromatic ring is 1. The molecule has 2 heterocycles. The maximum Gasteiger partial charge on any atom is 0.282 e. The third-order valence-corrected chi connectivity index (χ3v) is 5.83. The number of amides is 1. The molecule has 26 heavy (non-hydrogen) atoms. The first-order chi connectivity index (χ1) is 12.5. The highest BCUT2D eigenvalue weighted by molar-refractivity contribution is 8.00. The predicted molar refractivity (Wildman–Crippen MR) is 108 cm³/mol. The van der Waals surface area contributed by atoms with Gasteiger partial charge in [0.1, 0.15) is 4.83 Å². The normalized spacial score (nSPS) is 12.2. The molecule has 0 radical (unpaired) electrons. The molecule has 0 saturated heterocycles. The van der Waals surface area contributed by atoms with Gasteiger partial charge in [0.15, 0.2) is 5.16 Å². The Balaban J connectivity index is 1.97. The molecule has 0 unspecified atom stereocenters. The van der Waals surface area contributed by atoms with Crippen LogP contribution in [0, 0.1) is 0 Å². The van der Waals surface area contributed by atoms with Crippen molar-refractivity contribution in [2.24, 2.45) is 0 Å². The van der Waals surface area contributed by atoms with E-state index in [4.69, 9.17) is 5.84 Å². The fraction of sp³-hybridized carbons (Fsp3) is 0.278. The lowest BCUT2D eigenvalue weighted by Gasteiger charge is -2.13. The third-order valence-electron chi connectivity index (χ3n) is 3.89. The highest BCUT2D eigenvalue weighted by Gasteiger charge is 2.20. The second kappa shape index (κ2) is 7.92. The lowest BCUT2D eigenvalue weighted by molar-refractivity contribution is -0.120. The minimum absolute atomic E-state index is 0.0950. The highest BCUT2D eigenvalue weighted by atomic mass is 32.2. The fourth-order valence-electron chi connectivity index (χ4n) is 2.50. The monoisotopic (exact) mass is 388 g/mol. The van der Waals surface area contributed by atoms with Gasteiger partial charge < -0.3 is 11.2 Å². The zero-order valence-electron chi connectivity index (χ0n) is 14.6. The minimum Gasteiger partial charge on any atom is -0.355 e. The van der Waals surface area contributed by atoms with E-state index in [0.29, 0.717) is 21.9 Å². The number of thiophene rings is 1. The Morgan fingerprint density at radius 2 is 2.12 bits per heavy atom. The smallest absolute Gasteiger partial charge is 0.282 e. The third kappa shape index (κ3) is 3.61. The molecule has 0 saturated carbocycles. The second-order valence-corrected chi connectivity index (χ2v) is 7.98. The quantitative estimate of drug-likeness (QED) is 0.385. The topological polar surface area (TPSA) is 90.0 Å². The first kappa shape index (κ1) is 18.5. The number of hydrogen-bond donors (Lipinski definition) is 2. The number of nitrogens with one attached hydrogen (secondary N) is 1. The molecule has 6 nitrogen and oxygen atoms in total. The van der Waals surface area contributed by atoms with Gasteiger partial charge in [0.25, 0.3) is 5.56 Å². The summed E-state index contributed by atoms with van der Waals surface area (Å²) in [5.41, 5.74) is 1.47. The molecule has 1 amide bonds. The van der Waals surface area contributed by atoms with Crippen LogP contribution in [0.2, 0.25) is 0 Å². The molecule has 136 valence electrons. The van der Waals surface area contributed by atoms with Gasteiger partial charge in [0.05, 0.1) is 10.6 Å². The van der Waals surface area contributed by atoms with E-state index in [1.807, 2.05) is 42.6 Å². The number of nitrogens with zero attached hydrogens (tertiary/aromatic N) is 2. The minimum atomic E-state index is -0.394. The van der Waals surface area contributed by atoms with Crippen LogP contribution < -0.4 is 16.7 Å². The number of fused-ring (bicyclic) bond motifs is 1. The van der Waals surface area contributed by atoms with Gasteiger partial charge in [-0.2, -0.15) is 0 Å². The molecule has 0 aliphatic carbocycles. The maximum atomic E-state index is 12.8. The molecule has 1 aromatic carbocycles. The predicted octanol–water partition coefficient (Wildman–Crippen LogP) is 2.85. The molecule has 1 atom stereocenters. The number of rotatable bonds is 6. The van der Waals surface area contributed by atoms with Crippen molar-refractivity contribution >= 4 is 39.2 Å². The molecule has 0 bridgehead atoms. The fourth-order valence-corrected chi connectivity index (χ4v) is 4.34. The Bertz CT molecular complexity index is 982. The summed E-state index contributed by atoms with van der Waals surface area (Å²) in [4.78, 5) is 30.0. The van der Waals surface area contributed by atoms with Crippen LogP contribution in [-0.2, 0) is 4.79 Å². The van der Waals surface area contributed by atoms with Crippen molar-refractivity contribution in [3.8, 4) is 11.1 Å². The molecule has 0 aliphatic heterocycles. The number of benzene rings is 1. The average Bonchev–Trinajstić information content (AvgIpc) is 3.08. The maximum absolute atomic E-state index is 12.8. The van der Waals surface area contributed by atoms with Crippen LogP contribution in [0.25, 0.3) is 21.3 Å². The van der Waals surface area contributed by atoms with Crippen molar-refractivity contribution < 1.29 is 4.79 Å². The number of carbonyl (C=O) groups excluding carboxylic acids is 1. The van der Waals surface area contributed by atoms with Crippen molar-refractivity contribution in [2.75, 3.05) is 12.4 Å². The van der Waals surface area contributed by atoms with E-state index in [1.165, 1.54) is 23.1 Å². The van der Waals surface area contributed by atoms with Crippen molar-refractivity contribution in [3.05, 3.63) is 46.1 Å².